The number of rotatable bonds is 8. The summed E-state index contributed by atoms with van der Waals surface area (Å²) in [6.07, 6.45) is 4.39. The third-order valence-electron chi connectivity index (χ3n) is 5.22. The molecule has 1 aromatic carbocycles. The number of hydrogen-bond donors (Lipinski definition) is 1. The van der Waals surface area contributed by atoms with Gasteiger partial charge in [-0.15, -0.1) is 0 Å². The zero-order valence-corrected chi connectivity index (χ0v) is 16.7. The molecule has 2 heterocycles. The topological polar surface area (TPSA) is 63.7 Å². The number of pyridine rings is 1. The van der Waals surface area contributed by atoms with Crippen LogP contribution in [0.15, 0.2) is 42.6 Å². The number of piperidine rings is 1. The summed E-state index contributed by atoms with van der Waals surface area (Å²) >= 11 is 0. The number of hydrogen-bond acceptors (Lipinski definition) is 5. The van der Waals surface area contributed by atoms with E-state index in [4.69, 9.17) is 9.47 Å². The van der Waals surface area contributed by atoms with Crippen LogP contribution in [0, 0.1) is 5.92 Å². The van der Waals surface area contributed by atoms with Crippen molar-refractivity contribution in [3.05, 3.63) is 53.9 Å². The molecule has 150 valence electrons. The molecule has 1 fully saturated rings. The van der Waals surface area contributed by atoms with Gasteiger partial charge in [0.15, 0.2) is 11.5 Å². The highest BCUT2D eigenvalue weighted by molar-refractivity contribution is 5.78. The first-order valence-electron chi connectivity index (χ1n) is 9.78. The normalized spacial score (nSPS) is 15.2. The van der Waals surface area contributed by atoms with Crippen LogP contribution in [-0.2, 0) is 17.8 Å². The van der Waals surface area contributed by atoms with E-state index in [0.717, 1.165) is 50.3 Å². The molecule has 3 rings (SSSR count). The van der Waals surface area contributed by atoms with Gasteiger partial charge in [-0.1, -0.05) is 12.1 Å². The highest BCUT2D eigenvalue weighted by Crippen LogP contribution is 2.27. The monoisotopic (exact) mass is 383 g/mol. The lowest BCUT2D eigenvalue weighted by molar-refractivity contribution is -0.120. The lowest BCUT2D eigenvalue weighted by Crippen LogP contribution is -2.38. The van der Waals surface area contributed by atoms with Gasteiger partial charge < -0.3 is 14.8 Å². The number of methoxy groups -OCH3 is 2. The molecule has 1 aliphatic rings. The van der Waals surface area contributed by atoms with Crippen molar-refractivity contribution in [2.45, 2.75) is 25.8 Å². The van der Waals surface area contributed by atoms with Crippen LogP contribution in [0.3, 0.4) is 0 Å². The van der Waals surface area contributed by atoms with Crippen LogP contribution in [0.1, 0.15) is 24.1 Å². The molecular weight excluding hydrogens is 354 g/mol. The minimum Gasteiger partial charge on any atom is -0.493 e. The number of carbonyl (C=O) groups excluding carboxylic acids is 1. The van der Waals surface area contributed by atoms with Crippen LogP contribution < -0.4 is 14.8 Å². The summed E-state index contributed by atoms with van der Waals surface area (Å²) in [4.78, 5) is 19.1. The van der Waals surface area contributed by atoms with Gasteiger partial charge in [-0.05, 0) is 61.7 Å². The molecule has 0 atom stereocenters. The second kappa shape index (κ2) is 10.1. The maximum absolute atomic E-state index is 12.3. The van der Waals surface area contributed by atoms with Gasteiger partial charge in [0.2, 0.25) is 5.91 Å². The summed E-state index contributed by atoms with van der Waals surface area (Å²) in [6.45, 7) is 3.74. The summed E-state index contributed by atoms with van der Waals surface area (Å²) in [5.41, 5.74) is 2.03. The van der Waals surface area contributed by atoms with Crippen molar-refractivity contribution in [2.75, 3.05) is 33.9 Å². The molecule has 1 amide bonds. The highest BCUT2D eigenvalue weighted by Gasteiger charge is 2.20. The van der Waals surface area contributed by atoms with E-state index < -0.39 is 0 Å². The Hall–Kier alpha value is -2.60. The van der Waals surface area contributed by atoms with Crippen molar-refractivity contribution < 1.29 is 14.3 Å². The van der Waals surface area contributed by atoms with E-state index in [1.54, 1.807) is 14.2 Å². The van der Waals surface area contributed by atoms with Crippen LogP contribution >= 0.6 is 0 Å². The van der Waals surface area contributed by atoms with Gasteiger partial charge >= 0.3 is 0 Å². The molecule has 1 saturated heterocycles. The predicted molar refractivity (Wildman–Crippen MR) is 108 cm³/mol. The minimum atomic E-state index is 0.0446. The Morgan fingerprint density at radius 2 is 1.93 bits per heavy atom. The van der Waals surface area contributed by atoms with Gasteiger partial charge in [0.25, 0.3) is 0 Å². The lowest BCUT2D eigenvalue weighted by atomic mass is 9.96. The van der Waals surface area contributed by atoms with Crippen molar-refractivity contribution >= 4 is 5.91 Å². The summed E-state index contributed by atoms with van der Waals surface area (Å²) < 4.78 is 10.5. The molecule has 1 N–H and O–H groups in total. The molecule has 0 bridgehead atoms. The van der Waals surface area contributed by atoms with Crippen LogP contribution in [0.25, 0.3) is 0 Å². The Bertz CT molecular complexity index is 759. The van der Waals surface area contributed by atoms with Crippen molar-refractivity contribution in [2.24, 2.45) is 5.92 Å². The first-order chi connectivity index (χ1) is 13.7. The number of nitrogens with zero attached hydrogens (tertiary/aromatic N) is 2. The average molecular weight is 383 g/mol. The van der Waals surface area contributed by atoms with Gasteiger partial charge in [0, 0.05) is 19.3 Å². The van der Waals surface area contributed by atoms with Crippen molar-refractivity contribution in [3.63, 3.8) is 0 Å². The second-order valence-corrected chi connectivity index (χ2v) is 7.21. The van der Waals surface area contributed by atoms with Gasteiger partial charge in [-0.2, -0.15) is 0 Å². The molecule has 6 nitrogen and oxygen atoms in total. The first-order valence-corrected chi connectivity index (χ1v) is 9.78. The number of nitrogens with one attached hydrogen (secondary N) is 1. The highest BCUT2D eigenvalue weighted by atomic mass is 16.5. The standard InChI is InChI=1S/C22H29N3O3/c1-27-20-7-6-18(13-21(20)28-2)14-22(26)24-15-17-8-11-25(12-9-17)16-19-5-3-4-10-23-19/h3-7,10,13,17H,8-9,11-12,14-16H2,1-2H3,(H,24,26). The van der Waals surface area contributed by atoms with Crippen molar-refractivity contribution in [3.8, 4) is 11.5 Å². The average Bonchev–Trinajstić information content (AvgIpc) is 2.74. The third-order valence-corrected chi connectivity index (χ3v) is 5.22. The largest absolute Gasteiger partial charge is 0.493 e. The Morgan fingerprint density at radius 1 is 1.14 bits per heavy atom. The molecule has 0 spiro atoms. The molecule has 0 saturated carbocycles. The number of carbonyl (C=O) groups is 1. The van der Waals surface area contributed by atoms with Gasteiger partial charge in [0.1, 0.15) is 0 Å². The van der Waals surface area contributed by atoms with E-state index >= 15 is 0 Å². The Kier molecular flexibility index (Phi) is 7.25. The molecule has 1 aliphatic heterocycles. The van der Waals surface area contributed by atoms with Gasteiger partial charge in [0.05, 0.1) is 26.3 Å². The number of benzene rings is 1. The Morgan fingerprint density at radius 3 is 2.61 bits per heavy atom. The lowest BCUT2D eigenvalue weighted by Gasteiger charge is -2.31. The van der Waals surface area contributed by atoms with E-state index in [1.165, 1.54) is 0 Å². The molecule has 0 aliphatic carbocycles. The quantitative estimate of drug-likeness (QED) is 0.759. The fraction of sp³-hybridized carbons (Fsp3) is 0.455. The maximum atomic E-state index is 12.3. The van der Waals surface area contributed by atoms with Crippen LogP contribution in [0.4, 0.5) is 0 Å². The molecule has 6 heteroatoms. The van der Waals surface area contributed by atoms with Crippen molar-refractivity contribution in [1.29, 1.82) is 0 Å². The van der Waals surface area contributed by atoms with Crippen molar-refractivity contribution in [1.82, 2.24) is 15.2 Å². The van der Waals surface area contributed by atoms with E-state index in [1.807, 2.05) is 36.5 Å². The summed E-state index contributed by atoms with van der Waals surface area (Å²) in [5.74, 6) is 1.90. The first kappa shape index (κ1) is 20.1. The van der Waals surface area contributed by atoms with E-state index in [-0.39, 0.29) is 5.91 Å². The molecule has 0 radical (unpaired) electrons. The van der Waals surface area contributed by atoms with E-state index in [0.29, 0.717) is 23.8 Å². The van der Waals surface area contributed by atoms with Crippen LogP contribution in [-0.4, -0.2) is 49.6 Å². The van der Waals surface area contributed by atoms with E-state index in [9.17, 15) is 4.79 Å². The smallest absolute Gasteiger partial charge is 0.224 e. The number of ether oxygens (including phenoxy) is 2. The fourth-order valence-corrected chi connectivity index (χ4v) is 3.57. The predicted octanol–water partition coefficient (Wildman–Crippen LogP) is 2.67. The minimum absolute atomic E-state index is 0.0446. The van der Waals surface area contributed by atoms with Crippen LogP contribution in [0.2, 0.25) is 0 Å². The van der Waals surface area contributed by atoms with Crippen LogP contribution in [0.5, 0.6) is 11.5 Å². The third kappa shape index (κ3) is 5.70. The maximum Gasteiger partial charge on any atom is 0.224 e. The Labute approximate surface area is 166 Å². The molecule has 1 aromatic heterocycles. The SMILES string of the molecule is COc1ccc(CC(=O)NCC2CCN(Cc3ccccn3)CC2)cc1OC. The summed E-state index contributed by atoms with van der Waals surface area (Å²) in [7, 11) is 3.20. The zero-order valence-electron chi connectivity index (χ0n) is 16.7. The van der Waals surface area contributed by atoms with Gasteiger partial charge in [-0.25, -0.2) is 0 Å². The molecule has 28 heavy (non-hydrogen) atoms. The van der Waals surface area contributed by atoms with E-state index in [2.05, 4.69) is 21.3 Å². The molecular formula is C22H29N3O3. The number of amides is 1. The van der Waals surface area contributed by atoms with Gasteiger partial charge in [-0.3, -0.25) is 14.7 Å². The molecule has 0 unspecified atom stereocenters. The second-order valence-electron chi connectivity index (χ2n) is 7.21. The number of aromatic nitrogens is 1. The summed E-state index contributed by atoms with van der Waals surface area (Å²) in [6, 6.07) is 11.6. The fourth-order valence-electron chi connectivity index (χ4n) is 3.57. The summed E-state index contributed by atoms with van der Waals surface area (Å²) in [5, 5.41) is 3.09. The molecule has 2 aromatic rings. The zero-order chi connectivity index (χ0) is 19.8. The number of likely N-dealkylation sites (tertiary alicyclic amines) is 1. The Balaban J connectivity index is 1.40.